The van der Waals surface area contributed by atoms with E-state index in [0.29, 0.717) is 18.7 Å². The number of pyridine rings is 1. The lowest BCUT2D eigenvalue weighted by Gasteiger charge is -2.35. The molecule has 4 N–H and O–H groups in total. The summed E-state index contributed by atoms with van der Waals surface area (Å²) in [5.41, 5.74) is 0.687. The average molecular weight is 238 g/mol. The Morgan fingerprint density at radius 3 is 2.71 bits per heavy atom. The van der Waals surface area contributed by atoms with E-state index in [0.717, 1.165) is 5.56 Å². The van der Waals surface area contributed by atoms with Gasteiger partial charge in [-0.1, -0.05) is 6.07 Å². The molecular formula is C11H14N2O4. The van der Waals surface area contributed by atoms with Crippen LogP contribution in [0.25, 0.3) is 0 Å². The summed E-state index contributed by atoms with van der Waals surface area (Å²) >= 11 is 0. The second-order valence-corrected chi connectivity index (χ2v) is 4.23. The number of hydrogen-bond acceptors (Lipinski definition) is 5. The number of nitrogens with zero attached hydrogens (tertiary/aromatic N) is 1. The lowest BCUT2D eigenvalue weighted by molar-refractivity contribution is 0.0687. The second kappa shape index (κ2) is 4.40. The van der Waals surface area contributed by atoms with E-state index in [-0.39, 0.29) is 18.9 Å². The number of nitrogens with one attached hydrogen (secondary N) is 1. The van der Waals surface area contributed by atoms with Gasteiger partial charge >= 0.3 is 5.97 Å². The summed E-state index contributed by atoms with van der Waals surface area (Å²) in [6.07, 6.45) is 0.316. The molecule has 1 aliphatic heterocycles. The normalized spacial score (nSPS) is 17.5. The van der Waals surface area contributed by atoms with Crippen molar-refractivity contribution in [1.29, 1.82) is 0 Å². The summed E-state index contributed by atoms with van der Waals surface area (Å²) in [4.78, 5) is 14.9. The zero-order valence-electron chi connectivity index (χ0n) is 9.18. The lowest BCUT2D eigenvalue weighted by Crippen LogP contribution is -2.55. The maximum absolute atomic E-state index is 10.8. The third-order valence-corrected chi connectivity index (χ3v) is 3.05. The molecule has 0 atom stereocenters. The topological polar surface area (TPSA) is 103 Å². The number of hydrogen-bond donors (Lipinski definition) is 4. The van der Waals surface area contributed by atoms with E-state index in [4.69, 9.17) is 5.11 Å². The van der Waals surface area contributed by atoms with Crippen LogP contribution in [0.4, 0.5) is 0 Å². The molecular weight excluding hydrogens is 224 g/mol. The molecule has 6 nitrogen and oxygen atoms in total. The van der Waals surface area contributed by atoms with Crippen molar-refractivity contribution in [1.82, 2.24) is 10.3 Å². The average Bonchev–Trinajstić information content (AvgIpc) is 2.37. The number of aliphatic hydroxyl groups is 2. The predicted molar refractivity (Wildman–Crippen MR) is 58.6 cm³/mol. The molecule has 0 unspecified atom stereocenters. The van der Waals surface area contributed by atoms with Crippen LogP contribution in [-0.4, -0.2) is 45.0 Å². The molecule has 0 radical (unpaired) electrons. The molecule has 1 aliphatic rings. The quantitative estimate of drug-likeness (QED) is 0.547. The van der Waals surface area contributed by atoms with E-state index in [1.165, 1.54) is 6.07 Å². The van der Waals surface area contributed by atoms with E-state index in [1.54, 1.807) is 6.07 Å². The Morgan fingerprint density at radius 1 is 1.41 bits per heavy atom. The molecule has 0 saturated heterocycles. The number of carboxylic acids is 1. The van der Waals surface area contributed by atoms with Gasteiger partial charge in [0, 0.05) is 18.7 Å². The Labute approximate surface area is 97.9 Å². The van der Waals surface area contributed by atoms with E-state index < -0.39 is 11.5 Å². The van der Waals surface area contributed by atoms with E-state index in [9.17, 15) is 15.0 Å². The van der Waals surface area contributed by atoms with Crippen molar-refractivity contribution in [2.45, 2.75) is 18.5 Å². The van der Waals surface area contributed by atoms with Gasteiger partial charge in [-0.15, -0.1) is 0 Å². The van der Waals surface area contributed by atoms with Gasteiger partial charge in [0.2, 0.25) is 0 Å². The lowest BCUT2D eigenvalue weighted by atomic mass is 9.89. The van der Waals surface area contributed by atoms with Crippen LogP contribution in [0.3, 0.4) is 0 Å². The van der Waals surface area contributed by atoms with E-state index >= 15 is 0 Å². The monoisotopic (exact) mass is 238 g/mol. The van der Waals surface area contributed by atoms with Gasteiger partial charge < -0.3 is 20.6 Å². The number of carbonyl (C=O) groups is 1. The molecule has 1 aromatic rings. The summed E-state index contributed by atoms with van der Waals surface area (Å²) in [5.74, 6) is -1.08. The van der Waals surface area contributed by atoms with Gasteiger partial charge in [-0.25, -0.2) is 9.78 Å². The van der Waals surface area contributed by atoms with Crippen molar-refractivity contribution >= 4 is 5.97 Å². The minimum absolute atomic E-state index is 0.0181. The van der Waals surface area contributed by atoms with Crippen LogP contribution in [0, 0.1) is 0 Å². The SMILES string of the molecule is O=C(O)c1ccc2c(n1)CC(CO)(CO)NC2. The first-order chi connectivity index (χ1) is 8.10. The minimum Gasteiger partial charge on any atom is -0.477 e. The molecule has 0 amide bonds. The molecule has 1 aromatic heterocycles. The predicted octanol–water partition coefficient (Wildman–Crippen LogP) is -0.851. The molecule has 2 rings (SSSR count). The van der Waals surface area contributed by atoms with Crippen molar-refractivity contribution < 1.29 is 20.1 Å². The smallest absolute Gasteiger partial charge is 0.354 e. The molecule has 0 spiro atoms. The summed E-state index contributed by atoms with van der Waals surface area (Å²) < 4.78 is 0. The summed E-state index contributed by atoms with van der Waals surface area (Å²) in [7, 11) is 0. The summed E-state index contributed by atoms with van der Waals surface area (Å²) in [5, 5.41) is 30.5. The molecule has 2 heterocycles. The Morgan fingerprint density at radius 2 is 2.12 bits per heavy atom. The molecule has 0 aliphatic carbocycles. The highest BCUT2D eigenvalue weighted by molar-refractivity contribution is 5.85. The first-order valence-electron chi connectivity index (χ1n) is 5.29. The number of carboxylic acid groups (broad SMARTS) is 1. The third-order valence-electron chi connectivity index (χ3n) is 3.05. The fourth-order valence-corrected chi connectivity index (χ4v) is 1.90. The number of aromatic carboxylic acids is 1. The highest BCUT2D eigenvalue weighted by atomic mass is 16.4. The van der Waals surface area contributed by atoms with Crippen LogP contribution in [0.15, 0.2) is 12.1 Å². The van der Waals surface area contributed by atoms with Gasteiger partial charge in [-0.2, -0.15) is 0 Å². The van der Waals surface area contributed by atoms with Gasteiger partial charge in [0.15, 0.2) is 0 Å². The van der Waals surface area contributed by atoms with E-state index in [1.807, 2.05) is 0 Å². The van der Waals surface area contributed by atoms with Crippen LogP contribution < -0.4 is 5.32 Å². The fourth-order valence-electron chi connectivity index (χ4n) is 1.90. The van der Waals surface area contributed by atoms with Crippen molar-refractivity contribution in [2.24, 2.45) is 0 Å². The number of aromatic nitrogens is 1. The number of fused-ring (bicyclic) bond motifs is 1. The third kappa shape index (κ3) is 2.14. The van der Waals surface area contributed by atoms with Gasteiger partial charge in [-0.3, -0.25) is 0 Å². The zero-order chi connectivity index (χ0) is 12.5. The van der Waals surface area contributed by atoms with Gasteiger partial charge in [0.05, 0.1) is 18.8 Å². The van der Waals surface area contributed by atoms with E-state index in [2.05, 4.69) is 10.3 Å². The second-order valence-electron chi connectivity index (χ2n) is 4.23. The van der Waals surface area contributed by atoms with Crippen LogP contribution >= 0.6 is 0 Å². The standard InChI is InChI=1S/C11H14N2O4/c14-5-11(6-15)3-9-7(4-12-11)1-2-8(13-9)10(16)17/h1-2,12,14-15H,3-6H2,(H,16,17). The highest BCUT2D eigenvalue weighted by Crippen LogP contribution is 2.21. The van der Waals surface area contributed by atoms with Crippen molar-refractivity contribution in [2.75, 3.05) is 13.2 Å². The number of aliphatic hydroxyl groups excluding tert-OH is 2. The molecule has 17 heavy (non-hydrogen) atoms. The van der Waals surface area contributed by atoms with Crippen molar-refractivity contribution in [3.05, 3.63) is 29.1 Å². The minimum atomic E-state index is -1.08. The zero-order valence-corrected chi connectivity index (χ0v) is 9.18. The number of rotatable bonds is 3. The first kappa shape index (κ1) is 12.0. The van der Waals surface area contributed by atoms with Crippen LogP contribution in [-0.2, 0) is 13.0 Å². The van der Waals surface area contributed by atoms with Crippen LogP contribution in [0.1, 0.15) is 21.7 Å². The summed E-state index contributed by atoms with van der Waals surface area (Å²) in [6.45, 7) is 0.0210. The van der Waals surface area contributed by atoms with Gasteiger partial charge in [0.1, 0.15) is 5.69 Å². The molecule has 92 valence electrons. The molecule has 0 fully saturated rings. The molecule has 0 bridgehead atoms. The maximum atomic E-state index is 10.8. The molecule has 0 saturated carbocycles. The van der Waals surface area contributed by atoms with Crippen molar-refractivity contribution in [3.8, 4) is 0 Å². The first-order valence-corrected chi connectivity index (χ1v) is 5.29. The van der Waals surface area contributed by atoms with Crippen LogP contribution in [0.5, 0.6) is 0 Å². The van der Waals surface area contributed by atoms with Crippen molar-refractivity contribution in [3.63, 3.8) is 0 Å². The van der Waals surface area contributed by atoms with Gasteiger partial charge in [0.25, 0.3) is 0 Å². The maximum Gasteiger partial charge on any atom is 0.354 e. The Hall–Kier alpha value is -1.50. The van der Waals surface area contributed by atoms with Gasteiger partial charge in [-0.05, 0) is 11.6 Å². The Kier molecular flexibility index (Phi) is 3.10. The van der Waals surface area contributed by atoms with Crippen LogP contribution in [0.2, 0.25) is 0 Å². The molecule has 0 aromatic carbocycles. The summed E-state index contributed by atoms with van der Waals surface area (Å²) in [6, 6.07) is 3.16. The largest absolute Gasteiger partial charge is 0.477 e. The highest BCUT2D eigenvalue weighted by Gasteiger charge is 2.34. The Bertz CT molecular complexity index is 443. The molecule has 6 heteroatoms. The fraction of sp³-hybridized carbons (Fsp3) is 0.455. The Balaban J connectivity index is 2.35.